The standard InChI is InChI=1S/C13H14N4O4S/c18-13(19)16-4-1-2-8(7-16)15-11-10(17(20)21)6-14-9-3-5-22-12(9)11/h3,5-6,8H,1-2,4,7H2,(H,14,15)(H,18,19)/t8-/m0/s1. The van der Waals surface area contributed by atoms with Crippen LogP contribution in [0.3, 0.4) is 0 Å². The van der Waals surface area contributed by atoms with Crippen molar-refractivity contribution in [3.63, 3.8) is 0 Å². The molecule has 2 aromatic heterocycles. The number of piperidine rings is 1. The smallest absolute Gasteiger partial charge is 0.407 e. The molecule has 3 rings (SSSR count). The lowest BCUT2D eigenvalue weighted by atomic mass is 10.1. The lowest BCUT2D eigenvalue weighted by Crippen LogP contribution is -2.44. The zero-order valence-corrected chi connectivity index (χ0v) is 12.4. The van der Waals surface area contributed by atoms with E-state index in [1.165, 1.54) is 22.4 Å². The van der Waals surface area contributed by atoms with Gasteiger partial charge in [0, 0.05) is 19.1 Å². The number of hydrogen-bond acceptors (Lipinski definition) is 6. The minimum absolute atomic E-state index is 0.0811. The van der Waals surface area contributed by atoms with Crippen LogP contribution in [0.5, 0.6) is 0 Å². The Morgan fingerprint density at radius 3 is 3.14 bits per heavy atom. The Hall–Kier alpha value is -2.42. The van der Waals surface area contributed by atoms with Gasteiger partial charge in [0.2, 0.25) is 0 Å². The van der Waals surface area contributed by atoms with Crippen molar-refractivity contribution in [2.75, 3.05) is 18.4 Å². The van der Waals surface area contributed by atoms with Crippen LogP contribution in [-0.2, 0) is 0 Å². The van der Waals surface area contributed by atoms with Crippen LogP contribution in [0.2, 0.25) is 0 Å². The molecule has 2 N–H and O–H groups in total. The van der Waals surface area contributed by atoms with Crippen molar-refractivity contribution < 1.29 is 14.8 Å². The predicted octanol–water partition coefficient (Wildman–Crippen LogP) is 2.76. The summed E-state index contributed by atoms with van der Waals surface area (Å²) >= 11 is 1.38. The number of pyridine rings is 1. The Balaban J connectivity index is 1.92. The van der Waals surface area contributed by atoms with Crippen molar-refractivity contribution in [3.05, 3.63) is 27.8 Å². The van der Waals surface area contributed by atoms with E-state index < -0.39 is 11.0 Å². The van der Waals surface area contributed by atoms with Crippen LogP contribution in [0.15, 0.2) is 17.6 Å². The van der Waals surface area contributed by atoms with Crippen LogP contribution in [0.1, 0.15) is 12.8 Å². The van der Waals surface area contributed by atoms with E-state index in [4.69, 9.17) is 5.11 Å². The van der Waals surface area contributed by atoms with Crippen molar-refractivity contribution in [2.24, 2.45) is 0 Å². The molecule has 0 aliphatic carbocycles. The average Bonchev–Trinajstić information content (AvgIpc) is 2.96. The average molecular weight is 322 g/mol. The molecule has 1 atom stereocenters. The molecule has 0 unspecified atom stereocenters. The number of nitrogens with one attached hydrogen (secondary N) is 1. The van der Waals surface area contributed by atoms with Crippen molar-refractivity contribution in [2.45, 2.75) is 18.9 Å². The van der Waals surface area contributed by atoms with Crippen molar-refractivity contribution in [1.29, 1.82) is 0 Å². The van der Waals surface area contributed by atoms with Crippen molar-refractivity contribution >= 4 is 39.0 Å². The second-order valence-corrected chi connectivity index (χ2v) is 6.04. The van der Waals surface area contributed by atoms with Gasteiger partial charge in [-0.3, -0.25) is 10.1 Å². The lowest BCUT2D eigenvalue weighted by Gasteiger charge is -2.31. The van der Waals surface area contributed by atoms with E-state index in [1.54, 1.807) is 6.07 Å². The molecule has 1 fully saturated rings. The summed E-state index contributed by atoms with van der Waals surface area (Å²) in [5, 5.41) is 25.3. The molecule has 2 aromatic rings. The first-order chi connectivity index (χ1) is 10.6. The Labute approximate surface area is 129 Å². The first-order valence-electron chi connectivity index (χ1n) is 6.81. The first kappa shape index (κ1) is 14.5. The van der Waals surface area contributed by atoms with Gasteiger partial charge in [-0.25, -0.2) is 9.78 Å². The number of amides is 1. The topological polar surface area (TPSA) is 109 Å². The number of aromatic nitrogens is 1. The van der Waals surface area contributed by atoms with Gasteiger partial charge >= 0.3 is 11.8 Å². The highest BCUT2D eigenvalue weighted by Gasteiger charge is 2.27. The fraction of sp³-hybridized carbons (Fsp3) is 0.385. The summed E-state index contributed by atoms with van der Waals surface area (Å²) in [6.45, 7) is 0.821. The maximum atomic E-state index is 11.2. The summed E-state index contributed by atoms with van der Waals surface area (Å²) in [7, 11) is 0. The van der Waals surface area contributed by atoms with Crippen LogP contribution >= 0.6 is 11.3 Å². The van der Waals surface area contributed by atoms with E-state index >= 15 is 0 Å². The minimum Gasteiger partial charge on any atom is -0.465 e. The van der Waals surface area contributed by atoms with Gasteiger partial charge in [-0.15, -0.1) is 11.3 Å². The van der Waals surface area contributed by atoms with Crippen molar-refractivity contribution in [1.82, 2.24) is 9.88 Å². The molecular formula is C13H14N4O4S. The quantitative estimate of drug-likeness (QED) is 0.664. The molecule has 1 aliphatic heterocycles. The van der Waals surface area contributed by atoms with Gasteiger partial charge in [-0.1, -0.05) is 0 Å². The predicted molar refractivity (Wildman–Crippen MR) is 82.5 cm³/mol. The Bertz CT molecular complexity index is 732. The van der Waals surface area contributed by atoms with E-state index in [-0.39, 0.29) is 11.7 Å². The van der Waals surface area contributed by atoms with Gasteiger partial charge in [0.15, 0.2) is 0 Å². The first-order valence-corrected chi connectivity index (χ1v) is 7.69. The highest BCUT2D eigenvalue weighted by atomic mass is 32.1. The molecule has 116 valence electrons. The van der Waals surface area contributed by atoms with E-state index in [0.717, 1.165) is 17.5 Å². The molecule has 1 aliphatic rings. The van der Waals surface area contributed by atoms with Crippen LogP contribution in [0.25, 0.3) is 10.2 Å². The summed E-state index contributed by atoms with van der Waals surface area (Å²) in [5.41, 5.74) is 1.05. The van der Waals surface area contributed by atoms with Gasteiger partial charge < -0.3 is 15.3 Å². The molecule has 9 heteroatoms. The second-order valence-electron chi connectivity index (χ2n) is 5.12. The summed E-state index contributed by atoms with van der Waals surface area (Å²) in [6, 6.07) is 1.66. The molecular weight excluding hydrogens is 308 g/mol. The van der Waals surface area contributed by atoms with E-state index in [2.05, 4.69) is 10.3 Å². The molecule has 0 aromatic carbocycles. The number of fused-ring (bicyclic) bond motifs is 1. The van der Waals surface area contributed by atoms with Gasteiger partial charge in [-0.05, 0) is 24.3 Å². The third-order valence-corrected chi connectivity index (χ3v) is 4.61. The molecule has 22 heavy (non-hydrogen) atoms. The normalized spacial score (nSPS) is 18.4. The van der Waals surface area contributed by atoms with Crippen LogP contribution < -0.4 is 5.32 Å². The maximum absolute atomic E-state index is 11.2. The van der Waals surface area contributed by atoms with Gasteiger partial charge in [-0.2, -0.15) is 0 Å². The number of anilines is 1. The van der Waals surface area contributed by atoms with Crippen LogP contribution in [-0.4, -0.2) is 45.1 Å². The number of nitro groups is 1. The molecule has 3 heterocycles. The Kier molecular flexibility index (Phi) is 3.80. The SMILES string of the molecule is O=C(O)N1CCC[C@H](Nc2c([N+](=O)[O-])cnc3ccsc23)C1. The summed E-state index contributed by atoms with van der Waals surface area (Å²) < 4.78 is 0.724. The summed E-state index contributed by atoms with van der Waals surface area (Å²) in [4.78, 5) is 27.3. The van der Waals surface area contributed by atoms with Crippen molar-refractivity contribution in [3.8, 4) is 0 Å². The molecule has 0 bridgehead atoms. The van der Waals surface area contributed by atoms with Gasteiger partial charge in [0.1, 0.15) is 11.9 Å². The number of thiophene rings is 1. The Morgan fingerprint density at radius 1 is 1.59 bits per heavy atom. The molecule has 0 spiro atoms. The van der Waals surface area contributed by atoms with E-state index in [0.29, 0.717) is 24.3 Å². The van der Waals surface area contributed by atoms with Gasteiger partial charge in [0.05, 0.1) is 15.1 Å². The highest BCUT2D eigenvalue weighted by Crippen LogP contribution is 2.36. The third kappa shape index (κ3) is 2.67. The van der Waals surface area contributed by atoms with E-state index in [1.807, 2.05) is 5.38 Å². The molecule has 0 saturated carbocycles. The number of nitrogens with zero attached hydrogens (tertiary/aromatic N) is 3. The summed E-state index contributed by atoms with van der Waals surface area (Å²) in [6.07, 6.45) is 1.79. The molecule has 1 saturated heterocycles. The highest BCUT2D eigenvalue weighted by molar-refractivity contribution is 7.17. The number of carboxylic acid groups (broad SMARTS) is 1. The van der Waals surface area contributed by atoms with Gasteiger partial charge in [0.25, 0.3) is 0 Å². The largest absolute Gasteiger partial charge is 0.465 e. The number of likely N-dealkylation sites (tertiary alicyclic amines) is 1. The molecule has 0 radical (unpaired) electrons. The number of rotatable bonds is 3. The fourth-order valence-corrected chi connectivity index (χ4v) is 3.51. The zero-order valence-electron chi connectivity index (χ0n) is 11.6. The number of hydrogen-bond donors (Lipinski definition) is 2. The number of carbonyl (C=O) groups is 1. The maximum Gasteiger partial charge on any atom is 0.407 e. The summed E-state index contributed by atoms with van der Waals surface area (Å²) in [5.74, 6) is 0. The van der Waals surface area contributed by atoms with Crippen LogP contribution in [0, 0.1) is 10.1 Å². The minimum atomic E-state index is -0.961. The zero-order chi connectivity index (χ0) is 15.7. The second kappa shape index (κ2) is 5.76. The molecule has 8 nitrogen and oxygen atoms in total. The lowest BCUT2D eigenvalue weighted by molar-refractivity contribution is -0.384. The van der Waals surface area contributed by atoms with E-state index in [9.17, 15) is 14.9 Å². The fourth-order valence-electron chi connectivity index (χ4n) is 2.65. The van der Waals surface area contributed by atoms with Crippen LogP contribution in [0.4, 0.5) is 16.2 Å². The Morgan fingerprint density at radius 2 is 2.41 bits per heavy atom. The molecule has 1 amide bonds. The monoisotopic (exact) mass is 322 g/mol. The third-order valence-electron chi connectivity index (χ3n) is 3.69.